The van der Waals surface area contributed by atoms with Gasteiger partial charge in [0.05, 0.1) is 10.6 Å². The number of nitrogens with one attached hydrogen (secondary N) is 2. The van der Waals surface area contributed by atoms with E-state index in [1.54, 1.807) is 12.1 Å². The minimum absolute atomic E-state index is 0.0445. The normalized spacial score (nSPS) is 15.1. The first-order valence-corrected chi connectivity index (χ1v) is 13.6. The van der Waals surface area contributed by atoms with Crippen LogP contribution in [-0.2, 0) is 16.6 Å². The monoisotopic (exact) mass is 531 g/mol. The minimum atomic E-state index is -3.85. The molecule has 9 heteroatoms. The topological polar surface area (TPSA) is 78.5 Å². The van der Waals surface area contributed by atoms with Crippen LogP contribution in [-0.4, -0.2) is 32.3 Å². The van der Waals surface area contributed by atoms with Gasteiger partial charge < -0.3 is 5.32 Å². The molecular weight excluding hydrogens is 505 g/mol. The molecule has 1 heterocycles. The summed E-state index contributed by atoms with van der Waals surface area (Å²) < 4.78 is 27.8. The lowest BCUT2D eigenvalue weighted by Gasteiger charge is -2.30. The van der Waals surface area contributed by atoms with Gasteiger partial charge in [-0.25, -0.2) is 8.42 Å². The summed E-state index contributed by atoms with van der Waals surface area (Å²) in [6.45, 7) is 5.40. The van der Waals surface area contributed by atoms with Crippen molar-refractivity contribution in [3.05, 3.63) is 87.9 Å². The second kappa shape index (κ2) is 11.0. The Kier molecular flexibility index (Phi) is 8.02. The first-order chi connectivity index (χ1) is 16.7. The lowest BCUT2D eigenvalue weighted by Crippen LogP contribution is -2.32. The number of hydrogen-bond donors (Lipinski definition) is 2. The average Bonchev–Trinajstić information content (AvgIpc) is 2.80. The fraction of sp³-hybridized carbons (Fsp3) is 0.269. The van der Waals surface area contributed by atoms with Crippen LogP contribution in [0.15, 0.2) is 71.6 Å². The van der Waals surface area contributed by atoms with E-state index < -0.39 is 10.0 Å². The highest BCUT2D eigenvalue weighted by molar-refractivity contribution is 7.92. The molecule has 35 heavy (non-hydrogen) atoms. The molecule has 0 unspecified atom stereocenters. The van der Waals surface area contributed by atoms with Crippen molar-refractivity contribution in [2.75, 3.05) is 23.1 Å². The van der Waals surface area contributed by atoms with Crippen LogP contribution in [0.25, 0.3) is 0 Å². The molecule has 1 aliphatic rings. The molecule has 2 N–H and O–H groups in total. The van der Waals surface area contributed by atoms with E-state index >= 15 is 0 Å². The molecular formula is C26H27Cl2N3O3S. The van der Waals surface area contributed by atoms with E-state index in [4.69, 9.17) is 23.2 Å². The predicted molar refractivity (Wildman–Crippen MR) is 142 cm³/mol. The van der Waals surface area contributed by atoms with E-state index in [0.29, 0.717) is 21.3 Å². The van der Waals surface area contributed by atoms with E-state index in [-0.39, 0.29) is 16.5 Å². The maximum atomic E-state index is 12.7. The summed E-state index contributed by atoms with van der Waals surface area (Å²) in [5.74, 6) is 0.537. The molecule has 1 aliphatic heterocycles. The Hall–Kier alpha value is -2.58. The highest BCUT2D eigenvalue weighted by Crippen LogP contribution is 2.25. The zero-order chi connectivity index (χ0) is 25.0. The Bertz CT molecular complexity index is 1270. The number of benzene rings is 3. The molecule has 3 aromatic rings. The van der Waals surface area contributed by atoms with Crippen molar-refractivity contribution in [1.82, 2.24) is 4.90 Å². The summed E-state index contributed by atoms with van der Waals surface area (Å²) in [7, 11) is -3.85. The molecule has 4 rings (SSSR count). The maximum absolute atomic E-state index is 12.7. The first kappa shape index (κ1) is 25.5. The smallest absolute Gasteiger partial charge is 0.261 e. The molecule has 184 valence electrons. The van der Waals surface area contributed by atoms with Gasteiger partial charge in [0.15, 0.2) is 0 Å². The van der Waals surface area contributed by atoms with Crippen LogP contribution in [0.4, 0.5) is 11.4 Å². The summed E-state index contributed by atoms with van der Waals surface area (Å²) in [5, 5.41) is 3.45. The number of rotatable bonds is 7. The molecule has 0 bridgehead atoms. The molecule has 0 spiro atoms. The first-order valence-electron chi connectivity index (χ1n) is 11.4. The summed E-state index contributed by atoms with van der Waals surface area (Å²) in [6.07, 6.45) is 2.46. The summed E-state index contributed by atoms with van der Waals surface area (Å²) in [6, 6.07) is 18.0. The van der Waals surface area contributed by atoms with Crippen LogP contribution in [0.5, 0.6) is 0 Å². The Morgan fingerprint density at radius 3 is 2.11 bits per heavy atom. The number of halogens is 2. The standard InChI is InChI=1S/C26H27Cl2N3O3S/c1-18-10-12-31(13-11-18)17-19-2-4-20(5-3-19)26(32)29-23-6-8-25(9-7-23)35(33,34)30-24-15-21(27)14-22(28)16-24/h2-9,14-16,18,30H,10-13,17H2,1H3,(H,29,32). The minimum Gasteiger partial charge on any atom is -0.322 e. The maximum Gasteiger partial charge on any atom is 0.261 e. The molecule has 0 aromatic heterocycles. The van der Waals surface area contributed by atoms with Crippen molar-refractivity contribution in [3.8, 4) is 0 Å². The average molecular weight is 532 g/mol. The fourth-order valence-electron chi connectivity index (χ4n) is 3.99. The lowest BCUT2D eigenvalue weighted by atomic mass is 9.99. The van der Waals surface area contributed by atoms with Crippen molar-refractivity contribution in [3.63, 3.8) is 0 Å². The molecule has 0 aliphatic carbocycles. The van der Waals surface area contributed by atoms with Gasteiger partial charge in [-0.05, 0) is 92.0 Å². The fourth-order valence-corrected chi connectivity index (χ4v) is 5.55. The van der Waals surface area contributed by atoms with Crippen molar-refractivity contribution in [1.29, 1.82) is 0 Å². The number of piperidine rings is 1. The zero-order valence-electron chi connectivity index (χ0n) is 19.3. The van der Waals surface area contributed by atoms with Gasteiger partial charge in [0, 0.05) is 27.8 Å². The Morgan fingerprint density at radius 2 is 1.51 bits per heavy atom. The van der Waals surface area contributed by atoms with Gasteiger partial charge in [0.2, 0.25) is 0 Å². The molecule has 0 atom stereocenters. The van der Waals surface area contributed by atoms with Crippen LogP contribution in [0, 0.1) is 5.92 Å². The molecule has 0 saturated carbocycles. The molecule has 3 aromatic carbocycles. The van der Waals surface area contributed by atoms with Gasteiger partial charge in [-0.3, -0.25) is 14.4 Å². The van der Waals surface area contributed by atoms with E-state index in [0.717, 1.165) is 25.6 Å². The van der Waals surface area contributed by atoms with Crippen molar-refractivity contribution in [2.45, 2.75) is 31.2 Å². The van der Waals surface area contributed by atoms with Gasteiger partial charge in [-0.1, -0.05) is 42.3 Å². The quantitative estimate of drug-likeness (QED) is 0.376. The van der Waals surface area contributed by atoms with Crippen molar-refractivity contribution in [2.24, 2.45) is 5.92 Å². The second-order valence-corrected chi connectivity index (χ2v) is 11.5. The third kappa shape index (κ3) is 6.98. The largest absolute Gasteiger partial charge is 0.322 e. The predicted octanol–water partition coefficient (Wildman–Crippen LogP) is 6.28. The number of anilines is 2. The van der Waals surface area contributed by atoms with Gasteiger partial charge in [0.1, 0.15) is 0 Å². The van der Waals surface area contributed by atoms with Gasteiger partial charge in [0.25, 0.3) is 15.9 Å². The van der Waals surface area contributed by atoms with Crippen LogP contribution >= 0.6 is 23.2 Å². The van der Waals surface area contributed by atoms with E-state index in [1.807, 2.05) is 24.3 Å². The molecule has 1 fully saturated rings. The van der Waals surface area contributed by atoms with Crippen molar-refractivity contribution >= 4 is 50.5 Å². The van der Waals surface area contributed by atoms with Crippen LogP contribution in [0.2, 0.25) is 10.0 Å². The van der Waals surface area contributed by atoms with Gasteiger partial charge >= 0.3 is 0 Å². The van der Waals surface area contributed by atoms with Gasteiger partial charge in [-0.2, -0.15) is 0 Å². The highest BCUT2D eigenvalue weighted by Gasteiger charge is 2.17. The summed E-state index contributed by atoms with van der Waals surface area (Å²) in [5.41, 5.74) is 2.47. The number of likely N-dealkylation sites (tertiary alicyclic amines) is 1. The molecule has 6 nitrogen and oxygen atoms in total. The number of carbonyl (C=O) groups is 1. The number of carbonyl (C=O) groups excluding carboxylic acids is 1. The summed E-state index contributed by atoms with van der Waals surface area (Å²) >= 11 is 11.9. The number of sulfonamides is 1. The van der Waals surface area contributed by atoms with Crippen LogP contribution in [0.3, 0.4) is 0 Å². The van der Waals surface area contributed by atoms with E-state index in [9.17, 15) is 13.2 Å². The van der Waals surface area contributed by atoms with E-state index in [2.05, 4.69) is 21.9 Å². The van der Waals surface area contributed by atoms with Crippen molar-refractivity contribution < 1.29 is 13.2 Å². The number of hydrogen-bond acceptors (Lipinski definition) is 4. The second-order valence-electron chi connectivity index (χ2n) is 8.90. The third-order valence-corrected chi connectivity index (χ3v) is 7.87. The summed E-state index contributed by atoms with van der Waals surface area (Å²) in [4.78, 5) is 15.2. The lowest BCUT2D eigenvalue weighted by molar-refractivity contribution is 0.102. The number of nitrogens with zero attached hydrogens (tertiary/aromatic N) is 1. The van der Waals surface area contributed by atoms with Crippen LogP contribution in [0.1, 0.15) is 35.7 Å². The Morgan fingerprint density at radius 1 is 0.914 bits per heavy atom. The Labute approximate surface area is 216 Å². The third-order valence-electron chi connectivity index (χ3n) is 6.04. The molecule has 0 radical (unpaired) electrons. The number of amides is 1. The highest BCUT2D eigenvalue weighted by atomic mass is 35.5. The SMILES string of the molecule is CC1CCN(Cc2ccc(C(=O)Nc3ccc(S(=O)(=O)Nc4cc(Cl)cc(Cl)c4)cc3)cc2)CC1. The van der Waals surface area contributed by atoms with Gasteiger partial charge in [-0.15, -0.1) is 0 Å². The van der Waals surface area contributed by atoms with E-state index in [1.165, 1.54) is 48.7 Å². The zero-order valence-corrected chi connectivity index (χ0v) is 21.6. The Balaban J connectivity index is 1.36. The van der Waals surface area contributed by atoms with Crippen LogP contribution < -0.4 is 10.0 Å². The molecule has 1 amide bonds. The molecule has 1 saturated heterocycles.